The van der Waals surface area contributed by atoms with Crippen molar-refractivity contribution in [2.75, 3.05) is 0 Å². The third kappa shape index (κ3) is 1.23. The Morgan fingerprint density at radius 3 is 2.71 bits per heavy atom. The largest absolute Gasteiger partial charge is 0.494 e. The van der Waals surface area contributed by atoms with E-state index in [-0.39, 0.29) is 16.7 Å². The Balaban J connectivity index is 2.96. The number of aromatic amines is 1. The molecule has 0 aliphatic carbocycles. The summed E-state index contributed by atoms with van der Waals surface area (Å²) in [5.74, 6) is -0.168. The second kappa shape index (κ2) is 3.15. The second-order valence-corrected chi connectivity index (χ2v) is 3.57. The zero-order valence-electron chi connectivity index (χ0n) is 6.71. The monoisotopic (exact) mass is 230 g/mol. The third-order valence-electron chi connectivity index (χ3n) is 1.88. The van der Waals surface area contributed by atoms with Crippen LogP contribution in [-0.4, -0.2) is 10.1 Å². The highest BCUT2D eigenvalue weighted by molar-refractivity contribution is 6.39. The van der Waals surface area contributed by atoms with Gasteiger partial charge in [-0.05, 0) is 17.3 Å². The smallest absolute Gasteiger partial charge is 0.199 e. The van der Waals surface area contributed by atoms with Crippen LogP contribution in [0, 0.1) is 4.91 Å². The molecule has 0 atom stereocenters. The first-order valence-electron chi connectivity index (χ1n) is 3.66. The van der Waals surface area contributed by atoms with Gasteiger partial charge in [-0.1, -0.05) is 23.2 Å². The van der Waals surface area contributed by atoms with Crippen molar-refractivity contribution in [2.45, 2.75) is 0 Å². The summed E-state index contributed by atoms with van der Waals surface area (Å²) in [5.41, 5.74) is 0. The van der Waals surface area contributed by atoms with E-state index < -0.39 is 0 Å². The summed E-state index contributed by atoms with van der Waals surface area (Å²) in [6, 6.07) is 2.99. The van der Waals surface area contributed by atoms with Gasteiger partial charge in [0.25, 0.3) is 0 Å². The van der Waals surface area contributed by atoms with E-state index in [1.165, 1.54) is 12.1 Å². The summed E-state index contributed by atoms with van der Waals surface area (Å²) < 4.78 is 0. The van der Waals surface area contributed by atoms with Gasteiger partial charge in [0, 0.05) is 10.4 Å². The van der Waals surface area contributed by atoms with Crippen LogP contribution in [0.15, 0.2) is 17.3 Å². The number of benzene rings is 1. The number of hydrogen-bond donors (Lipinski definition) is 2. The predicted molar refractivity (Wildman–Crippen MR) is 55.4 cm³/mol. The fourth-order valence-electron chi connectivity index (χ4n) is 1.32. The van der Waals surface area contributed by atoms with Gasteiger partial charge < -0.3 is 10.1 Å². The number of hydrogen-bond acceptors (Lipinski definition) is 3. The molecule has 0 aliphatic rings. The molecule has 2 N–H and O–H groups in total. The van der Waals surface area contributed by atoms with Crippen LogP contribution in [0.25, 0.3) is 10.8 Å². The molecule has 0 spiro atoms. The lowest BCUT2D eigenvalue weighted by Gasteiger charge is -1.95. The number of rotatable bonds is 1. The average molecular weight is 231 g/mol. The van der Waals surface area contributed by atoms with Crippen LogP contribution in [0.4, 0.5) is 5.82 Å². The number of nitroso groups, excluding NO2 is 1. The number of nitrogens with zero attached hydrogens (tertiary/aromatic N) is 1. The number of aromatic hydroxyl groups is 1. The van der Waals surface area contributed by atoms with Gasteiger partial charge in [0.2, 0.25) is 0 Å². The SMILES string of the molecule is O=Nc1[nH]c(O)c2c(Cl)cc(Cl)cc12. The molecule has 0 aliphatic heterocycles. The van der Waals surface area contributed by atoms with E-state index in [2.05, 4.69) is 10.2 Å². The van der Waals surface area contributed by atoms with Gasteiger partial charge in [0.1, 0.15) is 0 Å². The Labute approximate surface area is 88.4 Å². The predicted octanol–water partition coefficient (Wildman–Crippen LogP) is 3.58. The lowest BCUT2D eigenvalue weighted by atomic mass is 10.2. The molecule has 0 saturated heterocycles. The van der Waals surface area contributed by atoms with Crippen LogP contribution in [0.3, 0.4) is 0 Å². The molecular formula is C8H4Cl2N2O2. The third-order valence-corrected chi connectivity index (χ3v) is 2.39. The van der Waals surface area contributed by atoms with E-state index in [9.17, 15) is 10.0 Å². The van der Waals surface area contributed by atoms with E-state index in [0.29, 0.717) is 15.8 Å². The van der Waals surface area contributed by atoms with Crippen molar-refractivity contribution < 1.29 is 5.11 Å². The van der Waals surface area contributed by atoms with E-state index in [1.807, 2.05) is 0 Å². The van der Waals surface area contributed by atoms with E-state index in [0.717, 1.165) is 0 Å². The number of fused-ring (bicyclic) bond motifs is 1. The van der Waals surface area contributed by atoms with Crippen LogP contribution in [0.1, 0.15) is 0 Å². The Morgan fingerprint density at radius 2 is 2.07 bits per heavy atom. The molecule has 0 unspecified atom stereocenters. The molecule has 2 rings (SSSR count). The minimum absolute atomic E-state index is 0.0156. The Morgan fingerprint density at radius 1 is 1.36 bits per heavy atom. The van der Waals surface area contributed by atoms with Crippen LogP contribution in [0.2, 0.25) is 10.0 Å². The maximum Gasteiger partial charge on any atom is 0.199 e. The molecule has 1 aromatic heterocycles. The topological polar surface area (TPSA) is 65.5 Å². The Bertz CT molecular complexity index is 522. The number of nitrogens with one attached hydrogen (secondary N) is 1. The highest BCUT2D eigenvalue weighted by atomic mass is 35.5. The first kappa shape index (κ1) is 9.30. The molecule has 6 heteroatoms. The summed E-state index contributed by atoms with van der Waals surface area (Å²) in [6.45, 7) is 0. The van der Waals surface area contributed by atoms with Crippen LogP contribution < -0.4 is 0 Å². The van der Waals surface area contributed by atoms with E-state index in [4.69, 9.17) is 23.2 Å². The quantitative estimate of drug-likeness (QED) is 0.736. The van der Waals surface area contributed by atoms with Gasteiger partial charge in [-0.25, -0.2) is 0 Å². The highest BCUT2D eigenvalue weighted by Gasteiger charge is 2.13. The van der Waals surface area contributed by atoms with Gasteiger partial charge in [-0.15, -0.1) is 4.91 Å². The molecule has 0 amide bonds. The Kier molecular flexibility index (Phi) is 2.09. The molecule has 72 valence electrons. The van der Waals surface area contributed by atoms with Crippen LogP contribution in [-0.2, 0) is 0 Å². The fraction of sp³-hybridized carbons (Fsp3) is 0. The van der Waals surface area contributed by atoms with Crippen molar-refractivity contribution in [1.82, 2.24) is 4.98 Å². The normalized spacial score (nSPS) is 10.7. The zero-order chi connectivity index (χ0) is 10.3. The van der Waals surface area contributed by atoms with Crippen molar-refractivity contribution in [2.24, 2.45) is 5.18 Å². The number of H-pyrrole nitrogens is 1. The first-order valence-corrected chi connectivity index (χ1v) is 4.42. The second-order valence-electron chi connectivity index (χ2n) is 2.72. The van der Waals surface area contributed by atoms with Crippen molar-refractivity contribution in [3.05, 3.63) is 27.1 Å². The van der Waals surface area contributed by atoms with Crippen molar-refractivity contribution in [1.29, 1.82) is 0 Å². The van der Waals surface area contributed by atoms with Crippen LogP contribution >= 0.6 is 23.2 Å². The lowest BCUT2D eigenvalue weighted by molar-refractivity contribution is 0.463. The molecule has 1 heterocycles. The summed E-state index contributed by atoms with van der Waals surface area (Å²) >= 11 is 11.6. The van der Waals surface area contributed by atoms with Crippen molar-refractivity contribution >= 4 is 39.8 Å². The zero-order valence-corrected chi connectivity index (χ0v) is 8.23. The minimum Gasteiger partial charge on any atom is -0.494 e. The molecule has 0 bridgehead atoms. The first-order chi connectivity index (χ1) is 6.63. The standard InChI is InChI=1S/C8H4Cl2N2O2/c9-3-1-4-6(5(10)2-3)8(13)11-7(4)12-14/h1-2,11,13H. The number of aromatic nitrogens is 1. The minimum atomic E-state index is -0.184. The van der Waals surface area contributed by atoms with Crippen LogP contribution in [0.5, 0.6) is 5.88 Å². The molecule has 2 aromatic rings. The molecule has 1 aromatic carbocycles. The lowest BCUT2D eigenvalue weighted by Crippen LogP contribution is -1.70. The molecule has 4 nitrogen and oxygen atoms in total. The molecule has 14 heavy (non-hydrogen) atoms. The fourth-order valence-corrected chi connectivity index (χ4v) is 1.90. The van der Waals surface area contributed by atoms with Gasteiger partial charge >= 0.3 is 0 Å². The van der Waals surface area contributed by atoms with Crippen molar-refractivity contribution in [3.63, 3.8) is 0 Å². The summed E-state index contributed by atoms with van der Waals surface area (Å²) in [6.07, 6.45) is 0. The molecular weight excluding hydrogens is 227 g/mol. The average Bonchev–Trinajstić information content (AvgIpc) is 2.42. The van der Waals surface area contributed by atoms with Gasteiger partial charge in [0.15, 0.2) is 11.7 Å². The van der Waals surface area contributed by atoms with Gasteiger partial charge in [0.05, 0.1) is 10.4 Å². The summed E-state index contributed by atoms with van der Waals surface area (Å²) in [7, 11) is 0. The maximum atomic E-state index is 10.4. The van der Waals surface area contributed by atoms with E-state index in [1.54, 1.807) is 0 Å². The maximum absolute atomic E-state index is 10.4. The molecule has 0 fully saturated rings. The van der Waals surface area contributed by atoms with E-state index >= 15 is 0 Å². The Hall–Kier alpha value is -1.26. The molecule has 0 saturated carbocycles. The summed E-state index contributed by atoms with van der Waals surface area (Å²) in [5, 5.41) is 13.6. The summed E-state index contributed by atoms with van der Waals surface area (Å²) in [4.78, 5) is 12.8. The molecule has 0 radical (unpaired) electrons. The van der Waals surface area contributed by atoms with Crippen molar-refractivity contribution in [3.8, 4) is 5.88 Å². The van der Waals surface area contributed by atoms with Gasteiger partial charge in [-0.3, -0.25) is 0 Å². The van der Waals surface area contributed by atoms with Gasteiger partial charge in [-0.2, -0.15) is 0 Å². The number of halogens is 2. The highest BCUT2D eigenvalue weighted by Crippen LogP contribution is 2.39.